The zero-order valence-corrected chi connectivity index (χ0v) is 15.4. The third-order valence-corrected chi connectivity index (χ3v) is 5.19. The Morgan fingerprint density at radius 3 is 2.56 bits per heavy atom. The van der Waals surface area contributed by atoms with Crippen LogP contribution in [0.15, 0.2) is 35.5 Å². The van der Waals surface area contributed by atoms with Gasteiger partial charge in [0, 0.05) is 44.2 Å². The van der Waals surface area contributed by atoms with Crippen molar-refractivity contribution < 1.29 is 9.63 Å². The van der Waals surface area contributed by atoms with Crippen LogP contribution in [0.2, 0.25) is 0 Å². The van der Waals surface area contributed by atoms with Gasteiger partial charge < -0.3 is 9.74 Å². The topological polar surface area (TPSA) is 45.1 Å². The lowest BCUT2D eigenvalue weighted by Crippen LogP contribution is -2.48. The standard InChI is InChI=1S/C20H29N3O2/c1-3-16-14-19(25-21-16)15-22-12-10-18(11-13-22)23(20(24)4-2)17-8-6-5-7-9-17/h5-9,18-19H,3-4,10-15H2,1-2H3/t19-/m0/s1. The lowest BCUT2D eigenvalue weighted by molar-refractivity contribution is -0.119. The Labute approximate surface area is 150 Å². The Bertz CT molecular complexity index is 594. The van der Waals surface area contributed by atoms with Crippen LogP contribution in [0.25, 0.3) is 0 Å². The van der Waals surface area contributed by atoms with Crippen molar-refractivity contribution in [2.75, 3.05) is 24.5 Å². The third kappa shape index (κ3) is 4.40. The van der Waals surface area contributed by atoms with Gasteiger partial charge in [0.25, 0.3) is 0 Å². The molecular formula is C20H29N3O2. The number of hydrogen-bond donors (Lipinski definition) is 0. The van der Waals surface area contributed by atoms with E-state index < -0.39 is 0 Å². The van der Waals surface area contributed by atoms with E-state index in [1.807, 2.05) is 42.2 Å². The fraction of sp³-hybridized carbons (Fsp3) is 0.600. The van der Waals surface area contributed by atoms with Gasteiger partial charge in [-0.15, -0.1) is 0 Å². The molecule has 0 aromatic heterocycles. The first-order valence-electron chi connectivity index (χ1n) is 9.52. The number of carbonyl (C=O) groups is 1. The zero-order valence-electron chi connectivity index (χ0n) is 15.4. The van der Waals surface area contributed by atoms with Crippen LogP contribution in [0.3, 0.4) is 0 Å². The van der Waals surface area contributed by atoms with Gasteiger partial charge in [0.2, 0.25) is 5.91 Å². The van der Waals surface area contributed by atoms with E-state index in [2.05, 4.69) is 17.0 Å². The molecule has 0 spiro atoms. The zero-order chi connectivity index (χ0) is 17.6. The molecule has 1 aromatic carbocycles. The second kappa shape index (κ2) is 8.48. The van der Waals surface area contributed by atoms with Gasteiger partial charge >= 0.3 is 0 Å². The van der Waals surface area contributed by atoms with Crippen molar-refractivity contribution in [2.45, 2.75) is 58.1 Å². The molecule has 2 aliphatic rings. The highest BCUT2D eigenvalue weighted by molar-refractivity contribution is 5.93. The molecule has 2 heterocycles. The number of carbonyl (C=O) groups excluding carboxylic acids is 1. The number of likely N-dealkylation sites (tertiary alicyclic amines) is 1. The minimum absolute atomic E-state index is 0.203. The van der Waals surface area contributed by atoms with E-state index in [9.17, 15) is 4.79 Å². The fourth-order valence-electron chi connectivity index (χ4n) is 3.76. The van der Waals surface area contributed by atoms with Crippen molar-refractivity contribution in [2.24, 2.45) is 5.16 Å². The molecule has 3 rings (SSSR count). The van der Waals surface area contributed by atoms with E-state index in [0.717, 1.165) is 51.0 Å². The summed E-state index contributed by atoms with van der Waals surface area (Å²) < 4.78 is 0. The molecule has 0 saturated carbocycles. The molecule has 1 amide bonds. The van der Waals surface area contributed by atoms with Gasteiger partial charge in [0.15, 0.2) is 0 Å². The predicted octanol–water partition coefficient (Wildman–Crippen LogP) is 3.45. The minimum Gasteiger partial charge on any atom is -0.391 e. The summed E-state index contributed by atoms with van der Waals surface area (Å²) >= 11 is 0. The van der Waals surface area contributed by atoms with E-state index in [4.69, 9.17) is 4.84 Å². The molecule has 1 saturated heterocycles. The number of piperidine rings is 1. The third-order valence-electron chi connectivity index (χ3n) is 5.19. The summed E-state index contributed by atoms with van der Waals surface area (Å²) in [4.78, 5) is 22.5. The highest BCUT2D eigenvalue weighted by atomic mass is 16.6. The van der Waals surface area contributed by atoms with Gasteiger partial charge in [-0.1, -0.05) is 37.2 Å². The smallest absolute Gasteiger partial charge is 0.226 e. The summed E-state index contributed by atoms with van der Waals surface area (Å²) in [6, 6.07) is 10.4. The highest BCUT2D eigenvalue weighted by Crippen LogP contribution is 2.25. The molecular weight excluding hydrogens is 314 g/mol. The monoisotopic (exact) mass is 343 g/mol. The lowest BCUT2D eigenvalue weighted by Gasteiger charge is -2.39. The van der Waals surface area contributed by atoms with Crippen molar-refractivity contribution in [1.29, 1.82) is 0 Å². The Morgan fingerprint density at radius 1 is 1.24 bits per heavy atom. The normalized spacial score (nSPS) is 21.7. The Hall–Kier alpha value is -1.88. The second-order valence-corrected chi connectivity index (χ2v) is 6.93. The number of hydrogen-bond acceptors (Lipinski definition) is 4. The number of anilines is 1. The van der Waals surface area contributed by atoms with Crippen molar-refractivity contribution in [3.05, 3.63) is 30.3 Å². The maximum Gasteiger partial charge on any atom is 0.226 e. The number of rotatable bonds is 6. The van der Waals surface area contributed by atoms with Crippen molar-refractivity contribution >= 4 is 17.3 Å². The first kappa shape index (κ1) is 17.9. The average Bonchev–Trinajstić information content (AvgIpc) is 3.11. The van der Waals surface area contributed by atoms with E-state index in [1.165, 1.54) is 5.71 Å². The Balaban J connectivity index is 1.56. The summed E-state index contributed by atoms with van der Waals surface area (Å²) in [7, 11) is 0. The second-order valence-electron chi connectivity index (χ2n) is 6.93. The van der Waals surface area contributed by atoms with E-state index >= 15 is 0 Å². The number of para-hydroxylation sites is 1. The van der Waals surface area contributed by atoms with Crippen LogP contribution in [0.5, 0.6) is 0 Å². The number of amides is 1. The molecule has 5 heteroatoms. The van der Waals surface area contributed by atoms with Gasteiger partial charge in [-0.3, -0.25) is 9.69 Å². The van der Waals surface area contributed by atoms with Gasteiger partial charge in [-0.25, -0.2) is 0 Å². The fourth-order valence-corrected chi connectivity index (χ4v) is 3.76. The predicted molar refractivity (Wildman–Crippen MR) is 101 cm³/mol. The summed E-state index contributed by atoms with van der Waals surface area (Å²) in [5.41, 5.74) is 2.19. The minimum atomic E-state index is 0.203. The maximum atomic E-state index is 12.5. The van der Waals surface area contributed by atoms with Crippen LogP contribution < -0.4 is 4.90 Å². The van der Waals surface area contributed by atoms with Crippen LogP contribution in [-0.2, 0) is 9.63 Å². The Kier molecular flexibility index (Phi) is 6.08. The molecule has 136 valence electrons. The number of oxime groups is 1. The summed E-state index contributed by atoms with van der Waals surface area (Å²) in [6.07, 6.45) is 4.70. The molecule has 25 heavy (non-hydrogen) atoms. The van der Waals surface area contributed by atoms with Crippen LogP contribution in [0.1, 0.15) is 46.0 Å². The maximum absolute atomic E-state index is 12.5. The summed E-state index contributed by atoms with van der Waals surface area (Å²) in [5.74, 6) is 0.213. The molecule has 1 aromatic rings. The average molecular weight is 343 g/mol. The quantitative estimate of drug-likeness (QED) is 0.795. The summed E-state index contributed by atoms with van der Waals surface area (Å²) in [6.45, 7) is 7.01. The van der Waals surface area contributed by atoms with Gasteiger partial charge in [-0.05, 0) is 31.4 Å². The molecule has 0 unspecified atom stereocenters. The van der Waals surface area contributed by atoms with Crippen LogP contribution >= 0.6 is 0 Å². The first-order chi connectivity index (χ1) is 12.2. The lowest BCUT2D eigenvalue weighted by atomic mass is 10.0. The molecule has 2 aliphatic heterocycles. The molecule has 5 nitrogen and oxygen atoms in total. The van der Waals surface area contributed by atoms with Crippen LogP contribution in [0, 0.1) is 0 Å². The van der Waals surface area contributed by atoms with Crippen molar-refractivity contribution in [3.63, 3.8) is 0 Å². The van der Waals surface area contributed by atoms with Gasteiger partial charge in [0.05, 0.1) is 5.71 Å². The summed E-state index contributed by atoms with van der Waals surface area (Å²) in [5, 5.41) is 4.16. The van der Waals surface area contributed by atoms with Crippen molar-refractivity contribution in [1.82, 2.24) is 4.90 Å². The van der Waals surface area contributed by atoms with Crippen LogP contribution in [0.4, 0.5) is 5.69 Å². The molecule has 0 N–H and O–H groups in total. The molecule has 0 aliphatic carbocycles. The van der Waals surface area contributed by atoms with Gasteiger partial charge in [-0.2, -0.15) is 0 Å². The SMILES string of the molecule is CCC(=O)N(c1ccccc1)C1CCN(C[C@@H]2CC(CC)=NO2)CC1. The van der Waals surface area contributed by atoms with E-state index in [-0.39, 0.29) is 18.1 Å². The molecule has 1 fully saturated rings. The van der Waals surface area contributed by atoms with Crippen LogP contribution in [-0.4, -0.2) is 48.3 Å². The molecule has 1 atom stereocenters. The highest BCUT2D eigenvalue weighted by Gasteiger charge is 2.30. The number of benzene rings is 1. The largest absolute Gasteiger partial charge is 0.391 e. The van der Waals surface area contributed by atoms with Crippen molar-refractivity contribution in [3.8, 4) is 0 Å². The molecule has 0 radical (unpaired) electrons. The molecule has 0 bridgehead atoms. The Morgan fingerprint density at radius 2 is 1.96 bits per heavy atom. The van der Waals surface area contributed by atoms with Gasteiger partial charge in [0.1, 0.15) is 6.10 Å². The van der Waals surface area contributed by atoms with E-state index in [1.54, 1.807) is 0 Å². The van der Waals surface area contributed by atoms with E-state index in [0.29, 0.717) is 6.42 Å². The first-order valence-corrected chi connectivity index (χ1v) is 9.52. The number of nitrogens with zero attached hydrogens (tertiary/aromatic N) is 3.